The minimum absolute atomic E-state index is 0.0257. The predicted octanol–water partition coefficient (Wildman–Crippen LogP) is 4.63. The molecule has 24 heavy (non-hydrogen) atoms. The normalized spacial score (nSPS) is 16.7. The zero-order chi connectivity index (χ0) is 17.7. The van der Waals surface area contributed by atoms with Crippen molar-refractivity contribution in [3.8, 4) is 5.75 Å². The van der Waals surface area contributed by atoms with E-state index in [9.17, 15) is 13.2 Å². The van der Waals surface area contributed by atoms with Crippen LogP contribution in [0, 0.1) is 0 Å². The van der Waals surface area contributed by atoms with Gasteiger partial charge in [-0.3, -0.25) is 4.90 Å². The van der Waals surface area contributed by atoms with Crippen LogP contribution in [-0.4, -0.2) is 44.0 Å². The molecule has 3 nitrogen and oxygen atoms in total. The Labute approximate surface area is 142 Å². The predicted molar refractivity (Wildman–Crippen MR) is 90.8 cm³/mol. The summed E-state index contributed by atoms with van der Waals surface area (Å²) < 4.78 is 42.3. The molecule has 1 aromatic rings. The summed E-state index contributed by atoms with van der Waals surface area (Å²) >= 11 is 0. The number of hydrogen-bond acceptors (Lipinski definition) is 3. The second kappa shape index (κ2) is 8.10. The molecule has 1 aromatic carbocycles. The molecule has 1 saturated heterocycles. The largest absolute Gasteiger partial charge is 0.573 e. The van der Waals surface area contributed by atoms with Crippen molar-refractivity contribution in [1.29, 1.82) is 0 Å². The summed E-state index contributed by atoms with van der Waals surface area (Å²) in [5.41, 5.74) is 1.38. The molecule has 0 saturated carbocycles. The SMILES string of the molecule is CCCCN1CCN(c2ccc(C(C)C)c(OC(F)(F)F)c2)CC1. The van der Waals surface area contributed by atoms with E-state index in [-0.39, 0.29) is 11.7 Å². The van der Waals surface area contributed by atoms with Crippen molar-refractivity contribution in [1.82, 2.24) is 4.90 Å². The summed E-state index contributed by atoms with van der Waals surface area (Å²) in [5, 5.41) is 0. The Hall–Kier alpha value is -1.43. The highest BCUT2D eigenvalue weighted by atomic mass is 19.4. The first-order chi connectivity index (χ1) is 11.3. The number of ether oxygens (including phenoxy) is 1. The second-order valence-electron chi connectivity index (χ2n) is 6.61. The fourth-order valence-corrected chi connectivity index (χ4v) is 3.02. The summed E-state index contributed by atoms with van der Waals surface area (Å²) in [7, 11) is 0. The maximum Gasteiger partial charge on any atom is 0.573 e. The van der Waals surface area contributed by atoms with E-state index in [1.807, 2.05) is 19.9 Å². The van der Waals surface area contributed by atoms with E-state index in [1.165, 1.54) is 18.9 Å². The molecule has 1 aliphatic rings. The average molecular weight is 344 g/mol. The van der Waals surface area contributed by atoms with E-state index in [4.69, 9.17) is 0 Å². The first kappa shape index (κ1) is 18.9. The lowest BCUT2D eigenvalue weighted by atomic mass is 10.0. The van der Waals surface area contributed by atoms with Gasteiger partial charge in [0.15, 0.2) is 0 Å². The first-order valence-electron chi connectivity index (χ1n) is 8.67. The third kappa shape index (κ3) is 5.30. The van der Waals surface area contributed by atoms with Crippen molar-refractivity contribution < 1.29 is 17.9 Å². The van der Waals surface area contributed by atoms with Crippen LogP contribution in [0.15, 0.2) is 18.2 Å². The third-order valence-corrected chi connectivity index (χ3v) is 4.41. The smallest absolute Gasteiger partial charge is 0.405 e. The second-order valence-corrected chi connectivity index (χ2v) is 6.61. The number of benzene rings is 1. The third-order valence-electron chi connectivity index (χ3n) is 4.41. The van der Waals surface area contributed by atoms with E-state index >= 15 is 0 Å². The Morgan fingerprint density at radius 3 is 2.33 bits per heavy atom. The van der Waals surface area contributed by atoms with Gasteiger partial charge in [-0.1, -0.05) is 33.3 Å². The maximum atomic E-state index is 12.7. The Balaban J connectivity index is 2.10. The summed E-state index contributed by atoms with van der Waals surface area (Å²) in [4.78, 5) is 4.55. The lowest BCUT2D eigenvalue weighted by Crippen LogP contribution is -2.46. The van der Waals surface area contributed by atoms with Crippen LogP contribution in [0.3, 0.4) is 0 Å². The minimum atomic E-state index is -4.67. The number of unbranched alkanes of at least 4 members (excludes halogenated alkanes) is 1. The molecule has 136 valence electrons. The molecule has 0 amide bonds. The fraction of sp³-hybridized carbons (Fsp3) is 0.667. The van der Waals surface area contributed by atoms with Crippen molar-refractivity contribution >= 4 is 5.69 Å². The monoisotopic (exact) mass is 344 g/mol. The summed E-state index contributed by atoms with van der Waals surface area (Å²) in [6, 6.07) is 5.19. The number of alkyl halides is 3. The van der Waals surface area contributed by atoms with Gasteiger partial charge in [0.2, 0.25) is 0 Å². The van der Waals surface area contributed by atoms with Gasteiger partial charge in [0.05, 0.1) is 0 Å². The Kier molecular flexibility index (Phi) is 6.38. The van der Waals surface area contributed by atoms with E-state index < -0.39 is 6.36 Å². The van der Waals surface area contributed by atoms with E-state index in [1.54, 1.807) is 6.07 Å². The maximum absolute atomic E-state index is 12.7. The average Bonchev–Trinajstić information content (AvgIpc) is 2.51. The summed E-state index contributed by atoms with van der Waals surface area (Å²) in [6.45, 7) is 10.6. The molecular formula is C18H27F3N2O. The minimum Gasteiger partial charge on any atom is -0.405 e. The first-order valence-corrected chi connectivity index (χ1v) is 8.67. The lowest BCUT2D eigenvalue weighted by Gasteiger charge is -2.36. The number of halogens is 3. The molecular weight excluding hydrogens is 317 g/mol. The molecule has 0 unspecified atom stereocenters. The van der Waals surface area contributed by atoms with Gasteiger partial charge in [0.25, 0.3) is 0 Å². The topological polar surface area (TPSA) is 15.7 Å². The van der Waals surface area contributed by atoms with Crippen molar-refractivity contribution in [3.63, 3.8) is 0 Å². The Morgan fingerprint density at radius 1 is 1.12 bits per heavy atom. The number of nitrogens with zero attached hydrogens (tertiary/aromatic N) is 2. The molecule has 1 fully saturated rings. The molecule has 0 aromatic heterocycles. The van der Waals surface area contributed by atoms with Gasteiger partial charge in [-0.05, 0) is 30.5 Å². The number of hydrogen-bond donors (Lipinski definition) is 0. The summed E-state index contributed by atoms with van der Waals surface area (Å²) in [6.07, 6.45) is -2.30. The van der Waals surface area contributed by atoms with Crippen molar-refractivity contribution in [2.75, 3.05) is 37.6 Å². The van der Waals surface area contributed by atoms with Crippen LogP contribution in [0.2, 0.25) is 0 Å². The molecule has 1 aliphatic heterocycles. The molecule has 0 atom stereocenters. The van der Waals surface area contributed by atoms with Crippen LogP contribution in [-0.2, 0) is 0 Å². The van der Waals surface area contributed by atoms with E-state index in [2.05, 4.69) is 21.5 Å². The zero-order valence-corrected chi connectivity index (χ0v) is 14.7. The Morgan fingerprint density at radius 2 is 1.79 bits per heavy atom. The van der Waals surface area contributed by atoms with Crippen LogP contribution in [0.25, 0.3) is 0 Å². The lowest BCUT2D eigenvalue weighted by molar-refractivity contribution is -0.274. The number of piperazine rings is 1. The van der Waals surface area contributed by atoms with Crippen LogP contribution in [0.5, 0.6) is 5.75 Å². The highest BCUT2D eigenvalue weighted by Gasteiger charge is 2.32. The molecule has 6 heteroatoms. The zero-order valence-electron chi connectivity index (χ0n) is 14.7. The molecule has 0 bridgehead atoms. The van der Waals surface area contributed by atoms with Gasteiger partial charge in [-0.2, -0.15) is 0 Å². The van der Waals surface area contributed by atoms with Gasteiger partial charge in [-0.25, -0.2) is 0 Å². The highest BCUT2D eigenvalue weighted by Crippen LogP contribution is 2.34. The van der Waals surface area contributed by atoms with Crippen molar-refractivity contribution in [3.05, 3.63) is 23.8 Å². The number of anilines is 1. The van der Waals surface area contributed by atoms with Crippen LogP contribution >= 0.6 is 0 Å². The quantitative estimate of drug-likeness (QED) is 0.748. The summed E-state index contributed by atoms with van der Waals surface area (Å²) in [5.74, 6) is -0.106. The van der Waals surface area contributed by atoms with Gasteiger partial charge < -0.3 is 9.64 Å². The van der Waals surface area contributed by atoms with E-state index in [0.717, 1.165) is 38.4 Å². The highest BCUT2D eigenvalue weighted by molar-refractivity contribution is 5.55. The van der Waals surface area contributed by atoms with Crippen LogP contribution in [0.4, 0.5) is 18.9 Å². The molecule has 2 rings (SSSR count). The van der Waals surface area contributed by atoms with Gasteiger partial charge in [-0.15, -0.1) is 13.2 Å². The fourth-order valence-electron chi connectivity index (χ4n) is 3.02. The van der Waals surface area contributed by atoms with Crippen molar-refractivity contribution in [2.24, 2.45) is 0 Å². The molecule has 0 radical (unpaired) electrons. The van der Waals surface area contributed by atoms with Gasteiger partial charge in [0, 0.05) is 37.9 Å². The number of rotatable bonds is 6. The molecule has 0 aliphatic carbocycles. The Bertz CT molecular complexity index is 523. The van der Waals surface area contributed by atoms with Crippen LogP contribution in [0.1, 0.15) is 45.1 Å². The molecule has 1 heterocycles. The molecule has 0 N–H and O–H groups in total. The van der Waals surface area contributed by atoms with Crippen LogP contribution < -0.4 is 9.64 Å². The van der Waals surface area contributed by atoms with Crippen molar-refractivity contribution in [2.45, 2.75) is 45.9 Å². The molecule has 0 spiro atoms. The van der Waals surface area contributed by atoms with Gasteiger partial charge in [0.1, 0.15) is 5.75 Å². The standard InChI is InChI=1S/C18H27F3N2O/c1-4-5-8-22-9-11-23(12-10-22)15-6-7-16(14(2)3)17(13-15)24-18(19,20)21/h6-7,13-14H,4-5,8-12H2,1-3H3. The van der Waals surface area contributed by atoms with Gasteiger partial charge >= 0.3 is 6.36 Å². The van der Waals surface area contributed by atoms with E-state index in [0.29, 0.717) is 5.56 Å².